The molecule has 1 aromatic heterocycles. The van der Waals surface area contributed by atoms with E-state index in [1.807, 2.05) is 0 Å². The number of furan rings is 1. The van der Waals surface area contributed by atoms with Crippen molar-refractivity contribution in [3.05, 3.63) is 16.5 Å². The van der Waals surface area contributed by atoms with Gasteiger partial charge in [-0.1, -0.05) is 6.42 Å². The molecule has 1 saturated carbocycles. The fourth-order valence-corrected chi connectivity index (χ4v) is 5.72. The molecule has 0 amide bonds. The smallest absolute Gasteiger partial charge is 0.247 e. The van der Waals surface area contributed by atoms with Crippen molar-refractivity contribution >= 4 is 26.0 Å². The zero-order valence-electron chi connectivity index (χ0n) is 10.5. The van der Waals surface area contributed by atoms with Gasteiger partial charge in [-0.2, -0.15) is 4.31 Å². The molecule has 1 aromatic rings. The standard InChI is InChI=1S/C12H17BrN2O3S/c13-12-11(4-10(5-14)18-12)19(16,17)15-6-8-2-1-3-9(8)7-15/h4,8-9H,1-3,5-7,14H2. The van der Waals surface area contributed by atoms with Gasteiger partial charge in [0.2, 0.25) is 10.0 Å². The van der Waals surface area contributed by atoms with Crippen molar-refractivity contribution in [1.29, 1.82) is 0 Å². The lowest BCUT2D eigenvalue weighted by Gasteiger charge is -2.16. The van der Waals surface area contributed by atoms with E-state index < -0.39 is 10.0 Å². The second kappa shape index (κ2) is 4.87. The number of nitrogens with zero attached hydrogens (tertiary/aromatic N) is 1. The zero-order chi connectivity index (χ0) is 13.6. The van der Waals surface area contributed by atoms with Gasteiger partial charge in [0.05, 0.1) is 6.54 Å². The van der Waals surface area contributed by atoms with Gasteiger partial charge in [0.1, 0.15) is 10.7 Å². The van der Waals surface area contributed by atoms with Gasteiger partial charge in [-0.05, 0) is 40.6 Å². The van der Waals surface area contributed by atoms with Gasteiger partial charge in [0.15, 0.2) is 4.67 Å². The van der Waals surface area contributed by atoms with Crippen LogP contribution in [0.15, 0.2) is 20.0 Å². The summed E-state index contributed by atoms with van der Waals surface area (Å²) in [5, 5.41) is 0. The average molecular weight is 349 g/mol. The monoisotopic (exact) mass is 348 g/mol. The van der Waals surface area contributed by atoms with Crippen molar-refractivity contribution in [2.45, 2.75) is 30.7 Å². The number of hydrogen-bond donors (Lipinski definition) is 1. The summed E-state index contributed by atoms with van der Waals surface area (Å²) in [5.74, 6) is 1.55. The fourth-order valence-electron chi connectivity index (χ4n) is 3.20. The van der Waals surface area contributed by atoms with Crippen LogP contribution in [0.2, 0.25) is 0 Å². The second-order valence-corrected chi connectivity index (χ2v) is 7.95. The predicted molar refractivity (Wildman–Crippen MR) is 73.9 cm³/mol. The van der Waals surface area contributed by atoms with E-state index in [2.05, 4.69) is 15.9 Å². The van der Waals surface area contributed by atoms with Crippen LogP contribution in [0.1, 0.15) is 25.0 Å². The first kappa shape index (κ1) is 13.6. The van der Waals surface area contributed by atoms with Crippen molar-refractivity contribution in [2.24, 2.45) is 17.6 Å². The lowest BCUT2D eigenvalue weighted by Crippen LogP contribution is -2.29. The fraction of sp³-hybridized carbons (Fsp3) is 0.667. The minimum Gasteiger partial charge on any atom is -0.452 e. The van der Waals surface area contributed by atoms with Crippen LogP contribution in [-0.4, -0.2) is 25.8 Å². The van der Waals surface area contributed by atoms with Crippen molar-refractivity contribution in [3.63, 3.8) is 0 Å². The van der Waals surface area contributed by atoms with Crippen LogP contribution in [0.25, 0.3) is 0 Å². The van der Waals surface area contributed by atoms with Gasteiger partial charge in [-0.3, -0.25) is 0 Å². The number of rotatable bonds is 3. The number of fused-ring (bicyclic) bond motifs is 1. The summed E-state index contributed by atoms with van der Waals surface area (Å²) in [6.45, 7) is 1.48. The number of hydrogen-bond acceptors (Lipinski definition) is 4. The topological polar surface area (TPSA) is 76.5 Å². The van der Waals surface area contributed by atoms with E-state index in [9.17, 15) is 8.42 Å². The molecule has 1 aliphatic carbocycles. The molecule has 0 bridgehead atoms. The Kier molecular flexibility index (Phi) is 3.49. The van der Waals surface area contributed by atoms with Crippen molar-refractivity contribution < 1.29 is 12.8 Å². The minimum atomic E-state index is -3.46. The van der Waals surface area contributed by atoms with E-state index in [4.69, 9.17) is 10.2 Å². The van der Waals surface area contributed by atoms with E-state index >= 15 is 0 Å². The van der Waals surface area contributed by atoms with Gasteiger partial charge in [0, 0.05) is 19.2 Å². The minimum absolute atomic E-state index is 0.194. The van der Waals surface area contributed by atoms with Crippen LogP contribution in [0.3, 0.4) is 0 Å². The number of nitrogens with two attached hydrogens (primary N) is 1. The van der Waals surface area contributed by atoms with E-state index in [0.29, 0.717) is 30.7 Å². The second-order valence-electron chi connectivity index (χ2n) is 5.33. The molecular weight excluding hydrogens is 332 g/mol. The maximum Gasteiger partial charge on any atom is 0.247 e. The molecule has 2 unspecified atom stereocenters. The molecular formula is C12H17BrN2O3S. The zero-order valence-corrected chi connectivity index (χ0v) is 12.9. The summed E-state index contributed by atoms with van der Waals surface area (Å²) in [6.07, 6.45) is 3.53. The highest BCUT2D eigenvalue weighted by molar-refractivity contribution is 9.10. The first-order valence-corrected chi connectivity index (χ1v) is 8.74. The van der Waals surface area contributed by atoms with E-state index in [-0.39, 0.29) is 16.1 Å². The van der Waals surface area contributed by atoms with Crippen LogP contribution in [0, 0.1) is 11.8 Å². The highest BCUT2D eigenvalue weighted by Crippen LogP contribution is 2.40. The molecule has 1 aliphatic heterocycles. The largest absolute Gasteiger partial charge is 0.452 e. The molecule has 106 valence electrons. The van der Waals surface area contributed by atoms with Crippen LogP contribution in [0.4, 0.5) is 0 Å². The normalized spacial score (nSPS) is 27.9. The first-order valence-electron chi connectivity index (χ1n) is 6.51. The number of halogens is 1. The van der Waals surface area contributed by atoms with Crippen LogP contribution < -0.4 is 5.73 Å². The third-order valence-electron chi connectivity index (χ3n) is 4.22. The molecule has 2 N–H and O–H groups in total. The van der Waals surface area contributed by atoms with Gasteiger partial charge in [-0.15, -0.1) is 0 Å². The van der Waals surface area contributed by atoms with Crippen molar-refractivity contribution in [3.8, 4) is 0 Å². The van der Waals surface area contributed by atoms with Gasteiger partial charge in [0.25, 0.3) is 0 Å². The third kappa shape index (κ3) is 2.26. The Bertz CT molecular complexity index is 572. The molecule has 1 saturated heterocycles. The summed E-state index contributed by atoms with van der Waals surface area (Å²) in [5.41, 5.74) is 5.48. The Labute approximate surface area is 121 Å². The van der Waals surface area contributed by atoms with E-state index in [1.54, 1.807) is 4.31 Å². The Morgan fingerprint density at radius 2 is 2.00 bits per heavy atom. The summed E-state index contributed by atoms with van der Waals surface area (Å²) < 4.78 is 32.4. The highest BCUT2D eigenvalue weighted by atomic mass is 79.9. The average Bonchev–Trinajstić information content (AvgIpc) is 3.00. The van der Waals surface area contributed by atoms with E-state index in [1.165, 1.54) is 12.5 Å². The molecule has 19 heavy (non-hydrogen) atoms. The van der Waals surface area contributed by atoms with Crippen LogP contribution >= 0.6 is 15.9 Å². The van der Waals surface area contributed by atoms with Crippen molar-refractivity contribution in [1.82, 2.24) is 4.31 Å². The molecule has 2 aliphatic rings. The Morgan fingerprint density at radius 3 is 2.53 bits per heavy atom. The lowest BCUT2D eigenvalue weighted by atomic mass is 10.0. The summed E-state index contributed by atoms with van der Waals surface area (Å²) in [4.78, 5) is 0.202. The molecule has 7 heteroatoms. The quantitative estimate of drug-likeness (QED) is 0.905. The van der Waals surface area contributed by atoms with Gasteiger partial charge in [-0.25, -0.2) is 8.42 Å². The Morgan fingerprint density at radius 1 is 1.37 bits per heavy atom. The summed E-state index contributed by atoms with van der Waals surface area (Å²) in [7, 11) is -3.46. The SMILES string of the molecule is NCc1cc(S(=O)(=O)N2CC3CCCC3C2)c(Br)o1. The van der Waals surface area contributed by atoms with Gasteiger partial charge >= 0.3 is 0 Å². The molecule has 5 nitrogen and oxygen atoms in total. The predicted octanol–water partition coefficient (Wildman–Crippen LogP) is 1.92. The Balaban J connectivity index is 1.88. The lowest BCUT2D eigenvalue weighted by molar-refractivity contribution is 0.441. The number of sulfonamides is 1. The third-order valence-corrected chi connectivity index (χ3v) is 6.91. The van der Waals surface area contributed by atoms with Crippen LogP contribution in [-0.2, 0) is 16.6 Å². The molecule has 2 fully saturated rings. The molecule has 2 heterocycles. The molecule has 0 aromatic carbocycles. The van der Waals surface area contributed by atoms with Crippen LogP contribution in [0.5, 0.6) is 0 Å². The highest BCUT2D eigenvalue weighted by Gasteiger charge is 2.42. The maximum atomic E-state index is 12.6. The molecule has 3 rings (SSSR count). The summed E-state index contributed by atoms with van der Waals surface area (Å²) >= 11 is 3.17. The molecule has 0 spiro atoms. The summed E-state index contributed by atoms with van der Waals surface area (Å²) in [6, 6.07) is 1.52. The first-order chi connectivity index (χ1) is 9.02. The molecule has 0 radical (unpaired) electrons. The van der Waals surface area contributed by atoms with Gasteiger partial charge < -0.3 is 10.2 Å². The maximum absolute atomic E-state index is 12.6. The Hall–Kier alpha value is -0.370. The van der Waals surface area contributed by atoms with Crippen molar-refractivity contribution in [2.75, 3.05) is 13.1 Å². The van der Waals surface area contributed by atoms with E-state index in [0.717, 1.165) is 12.8 Å². The molecule has 2 atom stereocenters.